The van der Waals surface area contributed by atoms with Gasteiger partial charge in [0, 0.05) is 6.54 Å². The zero-order chi connectivity index (χ0) is 18.3. The fraction of sp³-hybridized carbons (Fsp3) is 0.600. The Morgan fingerprint density at radius 3 is 1.52 bits per heavy atom. The first-order valence-corrected chi connectivity index (χ1v) is 10.1. The van der Waals surface area contributed by atoms with Gasteiger partial charge in [-0.15, -0.1) is 0 Å². The third-order valence-electron chi connectivity index (χ3n) is 4.26. The van der Waals surface area contributed by atoms with Crippen LogP contribution < -0.4 is 4.98 Å². The minimum atomic E-state index is -4.81. The van der Waals surface area contributed by atoms with Crippen molar-refractivity contribution in [1.82, 2.24) is 4.98 Å². The minimum Gasteiger partial charge on any atom is -0.333 e. The summed E-state index contributed by atoms with van der Waals surface area (Å²) < 4.78 is 76.9. The second-order valence-electron chi connectivity index (χ2n) is 7.14. The molecule has 0 radical (unpaired) electrons. The summed E-state index contributed by atoms with van der Waals surface area (Å²) in [6, 6.07) is 1.70. The molecule has 0 aliphatic rings. The number of benzene rings is 1. The van der Waals surface area contributed by atoms with Gasteiger partial charge in [0.2, 0.25) is 0 Å². The molecular weight excluding hydrogens is 336 g/mol. The van der Waals surface area contributed by atoms with Crippen molar-refractivity contribution in [1.29, 1.82) is 0 Å². The molecule has 0 aromatic heterocycles. The van der Waals surface area contributed by atoms with Gasteiger partial charge in [0.05, 0.1) is 11.1 Å². The molecule has 0 unspecified atom stereocenters. The van der Waals surface area contributed by atoms with E-state index >= 15 is 0 Å². The highest BCUT2D eigenvalue weighted by Gasteiger charge is 2.38. The van der Waals surface area contributed by atoms with Gasteiger partial charge in [0.25, 0.3) is 0 Å². The van der Waals surface area contributed by atoms with Crippen molar-refractivity contribution in [3.63, 3.8) is 0 Å². The number of hydrogen-bond donors (Lipinski definition) is 1. The quantitative estimate of drug-likeness (QED) is 0.531. The smallest absolute Gasteiger partial charge is 0.333 e. The van der Waals surface area contributed by atoms with Gasteiger partial charge in [0.1, 0.15) is 8.24 Å². The molecule has 0 aliphatic carbocycles. The van der Waals surface area contributed by atoms with Gasteiger partial charge >= 0.3 is 12.4 Å². The second kappa shape index (κ2) is 6.12. The first-order chi connectivity index (χ1) is 10.0. The van der Waals surface area contributed by atoms with Crippen LogP contribution in [0.15, 0.2) is 18.2 Å². The molecule has 23 heavy (non-hydrogen) atoms. The van der Waals surface area contributed by atoms with Crippen LogP contribution in [0.2, 0.25) is 18.1 Å². The Hall–Kier alpha value is -1.02. The molecule has 0 spiro atoms. The third-order valence-corrected chi connectivity index (χ3v) is 9.07. The third kappa shape index (κ3) is 5.24. The standard InChI is InChI=1S/C15H21F6NSi/c1-13(2,3)23(4,5)22-9-10-6-11(14(16,17)18)8-12(7-10)15(19,20)21/h6-8,22H,9H2,1-5H3. The van der Waals surface area contributed by atoms with Crippen molar-refractivity contribution in [2.75, 3.05) is 0 Å². The summed E-state index contributed by atoms with van der Waals surface area (Å²) in [7, 11) is -2.03. The average molecular weight is 357 g/mol. The summed E-state index contributed by atoms with van der Waals surface area (Å²) in [5.74, 6) is 0. The summed E-state index contributed by atoms with van der Waals surface area (Å²) in [5.41, 5.74) is -2.57. The molecule has 0 saturated heterocycles. The van der Waals surface area contributed by atoms with Gasteiger partial charge in [-0.05, 0) is 28.8 Å². The Balaban J connectivity index is 3.17. The van der Waals surface area contributed by atoms with E-state index in [2.05, 4.69) is 4.98 Å². The van der Waals surface area contributed by atoms with Gasteiger partial charge in [-0.3, -0.25) is 0 Å². The van der Waals surface area contributed by atoms with E-state index in [1.165, 1.54) is 0 Å². The molecule has 0 atom stereocenters. The van der Waals surface area contributed by atoms with Gasteiger partial charge < -0.3 is 4.98 Å². The predicted molar refractivity (Wildman–Crippen MR) is 80.5 cm³/mol. The Morgan fingerprint density at radius 1 is 0.826 bits per heavy atom. The topological polar surface area (TPSA) is 12.0 Å². The van der Waals surface area contributed by atoms with Crippen LogP contribution in [0.5, 0.6) is 0 Å². The van der Waals surface area contributed by atoms with Crippen molar-refractivity contribution in [3.05, 3.63) is 34.9 Å². The van der Waals surface area contributed by atoms with Crippen molar-refractivity contribution < 1.29 is 26.3 Å². The highest BCUT2D eigenvalue weighted by atomic mass is 28.3. The lowest BCUT2D eigenvalue weighted by Crippen LogP contribution is -2.51. The highest BCUT2D eigenvalue weighted by Crippen LogP contribution is 2.37. The summed E-state index contributed by atoms with van der Waals surface area (Å²) in [4.78, 5) is 3.18. The van der Waals surface area contributed by atoms with E-state index in [1.807, 2.05) is 33.9 Å². The van der Waals surface area contributed by atoms with Crippen molar-refractivity contribution in [2.24, 2.45) is 0 Å². The number of nitrogens with one attached hydrogen (secondary N) is 1. The monoisotopic (exact) mass is 357 g/mol. The van der Waals surface area contributed by atoms with Gasteiger partial charge in [-0.25, -0.2) is 0 Å². The fourth-order valence-electron chi connectivity index (χ4n) is 1.71. The molecule has 0 heterocycles. The average Bonchev–Trinajstić information content (AvgIpc) is 2.32. The number of hydrogen-bond acceptors (Lipinski definition) is 1. The summed E-state index contributed by atoms with van der Waals surface area (Å²) in [5, 5.41) is -0.0819. The normalized spacial score (nSPS) is 14.2. The van der Waals surface area contributed by atoms with E-state index in [9.17, 15) is 26.3 Å². The fourth-order valence-corrected chi connectivity index (χ4v) is 2.89. The molecule has 8 heteroatoms. The van der Waals surface area contributed by atoms with Gasteiger partial charge in [-0.1, -0.05) is 33.9 Å². The maximum absolute atomic E-state index is 12.8. The molecular formula is C15H21F6NSi. The van der Waals surface area contributed by atoms with Crippen LogP contribution in [-0.2, 0) is 18.9 Å². The maximum atomic E-state index is 12.8. The summed E-state index contributed by atoms with van der Waals surface area (Å²) in [6.45, 7) is 9.96. The minimum absolute atomic E-state index is 0.0167. The van der Waals surface area contributed by atoms with E-state index in [0.29, 0.717) is 0 Å². The van der Waals surface area contributed by atoms with E-state index < -0.39 is 31.7 Å². The zero-order valence-electron chi connectivity index (χ0n) is 13.7. The van der Waals surface area contributed by atoms with Crippen LogP contribution in [0, 0.1) is 0 Å². The number of rotatable bonds is 3. The lowest BCUT2D eigenvalue weighted by Gasteiger charge is -2.37. The molecule has 1 rings (SSSR count). The largest absolute Gasteiger partial charge is 0.416 e. The Morgan fingerprint density at radius 2 is 1.22 bits per heavy atom. The van der Waals surface area contributed by atoms with Crippen LogP contribution >= 0.6 is 0 Å². The molecule has 1 N–H and O–H groups in total. The SMILES string of the molecule is CC(C)(C)[Si](C)(C)NCc1cc(C(F)(F)F)cc(C(F)(F)F)c1. The predicted octanol–water partition coefficient (Wildman–Crippen LogP) is 5.82. The first-order valence-electron chi connectivity index (χ1n) is 7.07. The van der Waals surface area contributed by atoms with Crippen LogP contribution in [0.25, 0.3) is 0 Å². The summed E-state index contributed by atoms with van der Waals surface area (Å²) in [6.07, 6.45) is -9.63. The van der Waals surface area contributed by atoms with Gasteiger partial charge in [-0.2, -0.15) is 26.3 Å². The second-order valence-corrected chi connectivity index (χ2v) is 12.2. The van der Waals surface area contributed by atoms with Crippen molar-refractivity contribution in [3.8, 4) is 0 Å². The van der Waals surface area contributed by atoms with Crippen LogP contribution in [0.4, 0.5) is 26.3 Å². The Labute approximate surface area is 133 Å². The lowest BCUT2D eigenvalue weighted by atomic mass is 10.0. The lowest BCUT2D eigenvalue weighted by molar-refractivity contribution is -0.143. The highest BCUT2D eigenvalue weighted by molar-refractivity contribution is 6.77. The summed E-state index contributed by atoms with van der Waals surface area (Å²) >= 11 is 0. The van der Waals surface area contributed by atoms with Crippen molar-refractivity contribution in [2.45, 2.75) is 57.8 Å². The number of halogens is 6. The molecule has 0 bridgehead atoms. The van der Waals surface area contributed by atoms with E-state index in [-0.39, 0.29) is 23.2 Å². The molecule has 0 saturated carbocycles. The zero-order valence-corrected chi connectivity index (χ0v) is 14.7. The molecule has 0 fully saturated rings. The molecule has 132 valence electrons. The molecule has 0 aliphatic heterocycles. The number of alkyl halides is 6. The van der Waals surface area contributed by atoms with Crippen LogP contribution in [-0.4, -0.2) is 8.24 Å². The van der Waals surface area contributed by atoms with Crippen LogP contribution in [0.1, 0.15) is 37.5 Å². The van der Waals surface area contributed by atoms with E-state index in [4.69, 9.17) is 0 Å². The van der Waals surface area contributed by atoms with Crippen LogP contribution in [0.3, 0.4) is 0 Å². The van der Waals surface area contributed by atoms with Gasteiger partial charge in [0.15, 0.2) is 0 Å². The molecule has 1 nitrogen and oxygen atoms in total. The van der Waals surface area contributed by atoms with E-state index in [0.717, 1.165) is 12.1 Å². The molecule has 1 aromatic rings. The molecule has 0 amide bonds. The van der Waals surface area contributed by atoms with Crippen molar-refractivity contribution >= 4 is 8.24 Å². The molecule has 1 aromatic carbocycles. The Bertz CT molecular complexity index is 522. The van der Waals surface area contributed by atoms with E-state index in [1.54, 1.807) is 0 Å². The maximum Gasteiger partial charge on any atom is 0.416 e. The Kier molecular flexibility index (Phi) is 5.33. The first kappa shape index (κ1) is 20.0.